The molecule has 2 aliphatic heterocycles. The van der Waals surface area contributed by atoms with Crippen molar-refractivity contribution in [2.45, 2.75) is 52.0 Å². The average Bonchev–Trinajstić information content (AvgIpc) is 3.11. The number of aromatic nitrogens is 2. The third-order valence-corrected chi connectivity index (χ3v) is 7.16. The zero-order chi connectivity index (χ0) is 22.1. The minimum atomic E-state index is -3.43. The topological polar surface area (TPSA) is 117 Å². The third-order valence-electron chi connectivity index (χ3n) is 5.83. The molecule has 0 atom stereocenters. The fourth-order valence-electron chi connectivity index (χ4n) is 3.95. The van der Waals surface area contributed by atoms with Crippen molar-refractivity contribution < 1.29 is 22.5 Å². The molecule has 0 aromatic carbocycles. The summed E-state index contributed by atoms with van der Waals surface area (Å²) in [5.74, 6) is 1.13. The van der Waals surface area contributed by atoms with E-state index in [0.717, 1.165) is 0 Å². The molecule has 10 nitrogen and oxygen atoms in total. The molecule has 0 radical (unpaired) electrons. The standard InChI is InChI=1S/C19H31N5O5S/c1-13(2)18-20-17(21-29-18)7-10-24(30(4,27)28)16-11-23(12-16)19(26)15-5-8-22(9-6-15)14(3)25/h13,15-16H,5-12H2,1-4H3. The van der Waals surface area contributed by atoms with Crippen LogP contribution in [-0.4, -0.2) is 89.5 Å². The first kappa shape index (κ1) is 22.7. The van der Waals surface area contributed by atoms with Gasteiger partial charge >= 0.3 is 0 Å². The Bertz CT molecular complexity index is 870. The maximum absolute atomic E-state index is 12.7. The third kappa shape index (κ3) is 5.18. The Labute approximate surface area is 177 Å². The van der Waals surface area contributed by atoms with Crippen LogP contribution in [-0.2, 0) is 26.0 Å². The normalized spacial score (nSPS) is 18.9. The van der Waals surface area contributed by atoms with E-state index in [1.54, 1.807) is 16.7 Å². The molecule has 0 unspecified atom stereocenters. The maximum Gasteiger partial charge on any atom is 0.229 e. The highest BCUT2D eigenvalue weighted by molar-refractivity contribution is 7.88. The van der Waals surface area contributed by atoms with E-state index in [1.165, 1.54) is 10.6 Å². The van der Waals surface area contributed by atoms with Gasteiger partial charge in [-0.2, -0.15) is 9.29 Å². The number of nitrogens with zero attached hydrogens (tertiary/aromatic N) is 5. The molecule has 2 aliphatic rings. The van der Waals surface area contributed by atoms with Crippen LogP contribution in [0, 0.1) is 5.92 Å². The molecule has 0 saturated carbocycles. The summed E-state index contributed by atoms with van der Waals surface area (Å²) in [5.41, 5.74) is 0. The van der Waals surface area contributed by atoms with Crippen molar-refractivity contribution in [3.63, 3.8) is 0 Å². The fourth-order valence-corrected chi connectivity index (χ4v) is 5.05. The SMILES string of the molecule is CC(=O)N1CCC(C(=O)N2CC(N(CCc3noc(C(C)C)n3)S(C)(=O)=O)C2)CC1. The lowest BCUT2D eigenvalue weighted by Crippen LogP contribution is -2.63. The highest BCUT2D eigenvalue weighted by Crippen LogP contribution is 2.25. The van der Waals surface area contributed by atoms with Gasteiger partial charge in [-0.25, -0.2) is 8.42 Å². The first-order valence-electron chi connectivity index (χ1n) is 10.4. The molecule has 1 aromatic rings. The summed E-state index contributed by atoms with van der Waals surface area (Å²) in [6.45, 7) is 7.67. The highest BCUT2D eigenvalue weighted by atomic mass is 32.2. The quantitative estimate of drug-likeness (QED) is 0.603. The van der Waals surface area contributed by atoms with Crippen molar-refractivity contribution in [3.8, 4) is 0 Å². The van der Waals surface area contributed by atoms with E-state index in [0.29, 0.717) is 57.2 Å². The molecular formula is C19H31N5O5S. The van der Waals surface area contributed by atoms with Gasteiger partial charge in [0, 0.05) is 57.9 Å². The van der Waals surface area contributed by atoms with E-state index in [4.69, 9.17) is 4.52 Å². The van der Waals surface area contributed by atoms with Gasteiger partial charge in [-0.3, -0.25) is 9.59 Å². The zero-order valence-corrected chi connectivity index (χ0v) is 18.9. The number of sulfonamides is 1. The van der Waals surface area contributed by atoms with E-state index in [9.17, 15) is 18.0 Å². The summed E-state index contributed by atoms with van der Waals surface area (Å²) in [6.07, 6.45) is 2.86. The van der Waals surface area contributed by atoms with E-state index in [2.05, 4.69) is 10.1 Å². The molecule has 0 aliphatic carbocycles. The smallest absolute Gasteiger partial charge is 0.229 e. The highest BCUT2D eigenvalue weighted by Gasteiger charge is 2.41. The number of likely N-dealkylation sites (tertiary alicyclic amines) is 2. The average molecular weight is 442 g/mol. The van der Waals surface area contributed by atoms with Crippen molar-refractivity contribution in [1.82, 2.24) is 24.2 Å². The van der Waals surface area contributed by atoms with E-state index < -0.39 is 10.0 Å². The molecule has 0 bridgehead atoms. The van der Waals surface area contributed by atoms with Gasteiger partial charge in [-0.05, 0) is 12.8 Å². The van der Waals surface area contributed by atoms with Crippen molar-refractivity contribution >= 4 is 21.8 Å². The Morgan fingerprint density at radius 3 is 2.33 bits per heavy atom. The van der Waals surface area contributed by atoms with Crippen molar-refractivity contribution in [2.24, 2.45) is 5.92 Å². The molecular weight excluding hydrogens is 410 g/mol. The maximum atomic E-state index is 12.7. The Hall–Kier alpha value is -2.01. The second-order valence-electron chi connectivity index (χ2n) is 8.50. The van der Waals surface area contributed by atoms with E-state index in [1.807, 2.05) is 13.8 Å². The second kappa shape index (κ2) is 9.01. The number of carbonyl (C=O) groups excluding carboxylic acids is 2. The summed E-state index contributed by atoms with van der Waals surface area (Å²) < 4.78 is 31.2. The largest absolute Gasteiger partial charge is 0.343 e. The summed E-state index contributed by atoms with van der Waals surface area (Å²) in [6, 6.07) is -0.238. The molecule has 11 heteroatoms. The van der Waals surface area contributed by atoms with Gasteiger partial charge in [0.25, 0.3) is 0 Å². The molecule has 0 spiro atoms. The van der Waals surface area contributed by atoms with Gasteiger partial charge in [-0.1, -0.05) is 19.0 Å². The number of carbonyl (C=O) groups is 2. The molecule has 2 saturated heterocycles. The van der Waals surface area contributed by atoms with Crippen LogP contribution in [0.2, 0.25) is 0 Å². The Morgan fingerprint density at radius 1 is 1.20 bits per heavy atom. The van der Waals surface area contributed by atoms with Crippen LogP contribution in [0.25, 0.3) is 0 Å². The van der Waals surface area contributed by atoms with Crippen molar-refractivity contribution in [1.29, 1.82) is 0 Å². The number of rotatable bonds is 7. The molecule has 30 heavy (non-hydrogen) atoms. The zero-order valence-electron chi connectivity index (χ0n) is 18.1. The lowest BCUT2D eigenvalue weighted by molar-refractivity contribution is -0.145. The summed E-state index contributed by atoms with van der Waals surface area (Å²) in [4.78, 5) is 32.0. The van der Waals surface area contributed by atoms with Crippen LogP contribution in [0.1, 0.15) is 51.2 Å². The minimum absolute atomic E-state index is 0.0378. The number of hydrogen-bond donors (Lipinski definition) is 0. The summed E-state index contributed by atoms with van der Waals surface area (Å²) in [7, 11) is -3.43. The van der Waals surface area contributed by atoms with Crippen LogP contribution in [0.5, 0.6) is 0 Å². The van der Waals surface area contributed by atoms with Crippen LogP contribution in [0.15, 0.2) is 4.52 Å². The molecule has 2 fully saturated rings. The first-order valence-corrected chi connectivity index (χ1v) is 12.2. The van der Waals surface area contributed by atoms with Crippen LogP contribution in [0.3, 0.4) is 0 Å². The monoisotopic (exact) mass is 441 g/mol. The van der Waals surface area contributed by atoms with Crippen molar-refractivity contribution in [3.05, 3.63) is 11.7 Å². The Balaban J connectivity index is 1.52. The van der Waals surface area contributed by atoms with Crippen LogP contribution in [0.4, 0.5) is 0 Å². The van der Waals surface area contributed by atoms with Crippen LogP contribution >= 0.6 is 0 Å². The van der Waals surface area contributed by atoms with Gasteiger partial charge < -0.3 is 14.3 Å². The van der Waals surface area contributed by atoms with Crippen LogP contribution < -0.4 is 0 Å². The Kier molecular flexibility index (Phi) is 6.81. The summed E-state index contributed by atoms with van der Waals surface area (Å²) in [5, 5.41) is 3.92. The second-order valence-corrected chi connectivity index (χ2v) is 10.4. The van der Waals surface area contributed by atoms with E-state index >= 15 is 0 Å². The lowest BCUT2D eigenvalue weighted by atomic mass is 9.93. The van der Waals surface area contributed by atoms with E-state index in [-0.39, 0.29) is 36.2 Å². The van der Waals surface area contributed by atoms with Gasteiger partial charge in [0.15, 0.2) is 5.82 Å². The lowest BCUT2D eigenvalue weighted by Gasteiger charge is -2.46. The molecule has 0 N–H and O–H groups in total. The van der Waals surface area contributed by atoms with Crippen molar-refractivity contribution in [2.75, 3.05) is 39.0 Å². The molecule has 3 rings (SSSR count). The fraction of sp³-hybridized carbons (Fsp3) is 0.789. The molecule has 3 heterocycles. The number of hydrogen-bond acceptors (Lipinski definition) is 7. The number of piperidine rings is 1. The summed E-state index contributed by atoms with van der Waals surface area (Å²) >= 11 is 0. The molecule has 2 amide bonds. The Morgan fingerprint density at radius 2 is 1.83 bits per heavy atom. The minimum Gasteiger partial charge on any atom is -0.343 e. The first-order chi connectivity index (χ1) is 14.1. The van der Waals surface area contributed by atoms with Gasteiger partial charge in [0.2, 0.25) is 27.7 Å². The van der Waals surface area contributed by atoms with Gasteiger partial charge in [0.05, 0.1) is 12.3 Å². The molecule has 1 aromatic heterocycles. The number of amides is 2. The van der Waals surface area contributed by atoms with Gasteiger partial charge in [-0.15, -0.1) is 0 Å². The van der Waals surface area contributed by atoms with Gasteiger partial charge in [0.1, 0.15) is 0 Å². The predicted molar refractivity (Wildman–Crippen MR) is 109 cm³/mol. The predicted octanol–water partition coefficient (Wildman–Crippen LogP) is 0.466. The molecule has 168 valence electrons.